The van der Waals surface area contributed by atoms with Crippen LogP contribution >= 0.6 is 0 Å². The molecule has 0 unspecified atom stereocenters. The number of pyridine rings is 1. The van der Waals surface area contributed by atoms with Crippen molar-refractivity contribution in [3.8, 4) is 5.75 Å². The number of hydrogen-bond donors (Lipinski definition) is 0. The fraction of sp³-hybridized carbons (Fsp3) is 0.727. The molecule has 176 valence electrons. The first kappa shape index (κ1) is 25.4. The Balaban J connectivity index is 2.03. The van der Waals surface area contributed by atoms with E-state index in [0.29, 0.717) is 36.6 Å². The fourth-order valence-corrected chi connectivity index (χ4v) is 3.50. The Bertz CT molecular complexity index is 680. The van der Waals surface area contributed by atoms with Gasteiger partial charge >= 0.3 is 0 Å². The molecule has 1 aromatic rings. The van der Waals surface area contributed by atoms with Crippen molar-refractivity contribution in [1.82, 2.24) is 9.88 Å². The summed E-state index contributed by atoms with van der Waals surface area (Å²) in [7, 11) is 3.04. The van der Waals surface area contributed by atoms with Crippen LogP contribution in [0.1, 0.15) is 51.6 Å². The monoisotopic (exact) mass is 444 g/mol. The van der Waals surface area contributed by atoms with E-state index in [1.165, 1.54) is 19.1 Å². The zero-order valence-corrected chi connectivity index (χ0v) is 18.8. The SMILES string of the molecule is COCO[C@H](CC(C)C)N(COC)C(=O)Cc1cc(OC2CCC(F)(F)CC2)ccn1. The Morgan fingerprint density at radius 3 is 2.58 bits per heavy atom. The molecule has 1 atom stereocenters. The summed E-state index contributed by atoms with van der Waals surface area (Å²) in [6.45, 7) is 4.23. The van der Waals surface area contributed by atoms with E-state index in [-0.39, 0.29) is 44.8 Å². The summed E-state index contributed by atoms with van der Waals surface area (Å²) in [5, 5.41) is 0. The van der Waals surface area contributed by atoms with Gasteiger partial charge in [0.2, 0.25) is 11.8 Å². The quantitative estimate of drug-likeness (QED) is 0.454. The van der Waals surface area contributed by atoms with Crippen LogP contribution in [0.25, 0.3) is 0 Å². The molecule has 9 heteroatoms. The van der Waals surface area contributed by atoms with Crippen LogP contribution in [0, 0.1) is 5.92 Å². The topological polar surface area (TPSA) is 70.1 Å². The van der Waals surface area contributed by atoms with Gasteiger partial charge in [-0.05, 0) is 31.2 Å². The van der Waals surface area contributed by atoms with E-state index in [4.69, 9.17) is 18.9 Å². The van der Waals surface area contributed by atoms with Gasteiger partial charge in [0.25, 0.3) is 0 Å². The molecule has 1 saturated carbocycles. The van der Waals surface area contributed by atoms with Crippen molar-refractivity contribution >= 4 is 5.91 Å². The number of hydrogen-bond acceptors (Lipinski definition) is 6. The molecule has 1 amide bonds. The molecule has 2 rings (SSSR count). The molecule has 0 saturated heterocycles. The van der Waals surface area contributed by atoms with Gasteiger partial charge in [0, 0.05) is 39.3 Å². The first-order valence-corrected chi connectivity index (χ1v) is 10.6. The van der Waals surface area contributed by atoms with Crippen molar-refractivity contribution in [1.29, 1.82) is 0 Å². The third kappa shape index (κ3) is 8.66. The first-order valence-electron chi connectivity index (χ1n) is 10.6. The van der Waals surface area contributed by atoms with Gasteiger partial charge in [-0.1, -0.05) is 13.8 Å². The molecule has 0 aliphatic heterocycles. The number of ether oxygens (including phenoxy) is 4. The zero-order chi connectivity index (χ0) is 22.9. The van der Waals surface area contributed by atoms with E-state index >= 15 is 0 Å². The third-order valence-electron chi connectivity index (χ3n) is 5.07. The number of carbonyl (C=O) groups is 1. The van der Waals surface area contributed by atoms with Crippen molar-refractivity contribution in [2.75, 3.05) is 27.7 Å². The molecule has 0 N–H and O–H groups in total. The predicted octanol–water partition coefficient (Wildman–Crippen LogP) is 4.01. The average molecular weight is 445 g/mol. The predicted molar refractivity (Wildman–Crippen MR) is 111 cm³/mol. The van der Waals surface area contributed by atoms with Crippen LogP contribution in [0.5, 0.6) is 5.75 Å². The minimum atomic E-state index is -2.60. The molecule has 31 heavy (non-hydrogen) atoms. The number of nitrogens with zero attached hydrogens (tertiary/aromatic N) is 2. The Morgan fingerprint density at radius 2 is 1.97 bits per heavy atom. The van der Waals surface area contributed by atoms with E-state index in [9.17, 15) is 13.6 Å². The minimum Gasteiger partial charge on any atom is -0.490 e. The summed E-state index contributed by atoms with van der Waals surface area (Å²) in [4.78, 5) is 18.8. The molecule has 0 bridgehead atoms. The van der Waals surface area contributed by atoms with E-state index in [1.807, 2.05) is 13.8 Å². The second-order valence-corrected chi connectivity index (χ2v) is 8.27. The molecule has 7 nitrogen and oxygen atoms in total. The van der Waals surface area contributed by atoms with Gasteiger partial charge in [-0.3, -0.25) is 14.7 Å². The normalized spacial score (nSPS) is 17.5. The van der Waals surface area contributed by atoms with Crippen LogP contribution < -0.4 is 4.74 Å². The number of methoxy groups -OCH3 is 2. The van der Waals surface area contributed by atoms with E-state index in [1.54, 1.807) is 18.3 Å². The largest absolute Gasteiger partial charge is 0.490 e. The van der Waals surface area contributed by atoms with E-state index in [2.05, 4.69) is 4.98 Å². The Hall–Kier alpha value is -1.84. The highest BCUT2D eigenvalue weighted by molar-refractivity contribution is 5.78. The zero-order valence-electron chi connectivity index (χ0n) is 18.8. The van der Waals surface area contributed by atoms with Gasteiger partial charge in [-0.25, -0.2) is 8.78 Å². The Morgan fingerprint density at radius 1 is 1.26 bits per heavy atom. The smallest absolute Gasteiger partial charge is 0.248 e. The van der Waals surface area contributed by atoms with Crippen LogP contribution in [0.15, 0.2) is 18.3 Å². The number of amides is 1. The molecule has 1 heterocycles. The molecular formula is C22H34F2N2O5. The van der Waals surface area contributed by atoms with Crippen molar-refractivity contribution in [2.24, 2.45) is 5.92 Å². The number of rotatable bonds is 12. The minimum absolute atomic E-state index is 0.0359. The maximum Gasteiger partial charge on any atom is 0.248 e. The molecule has 1 fully saturated rings. The van der Waals surface area contributed by atoms with Crippen LogP contribution in [0.4, 0.5) is 8.78 Å². The number of alkyl halides is 2. The Kier molecular flexibility index (Phi) is 10.1. The van der Waals surface area contributed by atoms with Gasteiger partial charge in [-0.15, -0.1) is 0 Å². The molecule has 0 aromatic carbocycles. The first-order chi connectivity index (χ1) is 14.7. The Labute approximate surface area is 183 Å². The molecule has 1 aliphatic carbocycles. The van der Waals surface area contributed by atoms with Gasteiger partial charge in [0.05, 0.1) is 18.2 Å². The molecule has 1 aromatic heterocycles. The molecule has 0 radical (unpaired) electrons. The fourth-order valence-electron chi connectivity index (χ4n) is 3.50. The standard InChI is InChI=1S/C22H34F2N2O5/c1-16(2)11-21(30-15-29-4)26(14-28-3)20(27)13-17-12-19(7-10-25-17)31-18-5-8-22(23,24)9-6-18/h7,10,12,16,18,21H,5-6,8-9,11,13-15H2,1-4H3/t21-/m1/s1. The van der Waals surface area contributed by atoms with Crippen LogP contribution in [-0.2, 0) is 25.4 Å². The van der Waals surface area contributed by atoms with E-state index in [0.717, 1.165) is 0 Å². The van der Waals surface area contributed by atoms with Gasteiger partial charge < -0.3 is 18.9 Å². The highest BCUT2D eigenvalue weighted by Gasteiger charge is 2.35. The van der Waals surface area contributed by atoms with Gasteiger partial charge in [-0.2, -0.15) is 0 Å². The third-order valence-corrected chi connectivity index (χ3v) is 5.07. The van der Waals surface area contributed by atoms with Crippen LogP contribution in [0.3, 0.4) is 0 Å². The van der Waals surface area contributed by atoms with E-state index < -0.39 is 12.2 Å². The van der Waals surface area contributed by atoms with Gasteiger partial charge in [0.1, 0.15) is 25.5 Å². The number of carbonyl (C=O) groups excluding carboxylic acids is 1. The maximum atomic E-state index is 13.3. The van der Waals surface area contributed by atoms with Gasteiger partial charge in [0.15, 0.2) is 0 Å². The summed E-state index contributed by atoms with van der Waals surface area (Å²) >= 11 is 0. The van der Waals surface area contributed by atoms with Crippen molar-refractivity contribution in [2.45, 2.75) is 70.6 Å². The lowest BCUT2D eigenvalue weighted by Crippen LogP contribution is -2.45. The van der Waals surface area contributed by atoms with Crippen LogP contribution in [0.2, 0.25) is 0 Å². The summed E-state index contributed by atoms with van der Waals surface area (Å²) < 4.78 is 48.5. The highest BCUT2D eigenvalue weighted by Crippen LogP contribution is 2.34. The summed E-state index contributed by atoms with van der Waals surface area (Å²) in [5.74, 6) is -1.98. The second-order valence-electron chi connectivity index (χ2n) is 8.27. The van der Waals surface area contributed by atoms with Crippen molar-refractivity contribution in [3.63, 3.8) is 0 Å². The van der Waals surface area contributed by atoms with Crippen molar-refractivity contribution in [3.05, 3.63) is 24.0 Å². The molecular weight excluding hydrogens is 410 g/mol. The lowest BCUT2D eigenvalue weighted by molar-refractivity contribution is -0.175. The molecule has 1 aliphatic rings. The summed E-state index contributed by atoms with van der Waals surface area (Å²) in [6, 6.07) is 3.36. The number of halogens is 2. The lowest BCUT2D eigenvalue weighted by Gasteiger charge is -2.32. The maximum absolute atomic E-state index is 13.3. The lowest BCUT2D eigenvalue weighted by atomic mass is 9.94. The average Bonchev–Trinajstić information content (AvgIpc) is 2.71. The molecule has 0 spiro atoms. The second kappa shape index (κ2) is 12.3. The van der Waals surface area contributed by atoms with Crippen LogP contribution in [-0.4, -0.2) is 61.8 Å². The summed E-state index contributed by atoms with van der Waals surface area (Å²) in [6.07, 6.45) is 1.75. The summed E-state index contributed by atoms with van der Waals surface area (Å²) in [5.41, 5.74) is 0.528. The highest BCUT2D eigenvalue weighted by atomic mass is 19.3. The van der Waals surface area contributed by atoms with Crippen molar-refractivity contribution < 1.29 is 32.5 Å². The number of aromatic nitrogens is 1.